The number of carbonyl (C=O) groups excluding carboxylic acids is 2. The van der Waals surface area contributed by atoms with Gasteiger partial charge in [-0.05, 0) is 44.4 Å². The van der Waals surface area contributed by atoms with Crippen LogP contribution in [0.4, 0.5) is 0 Å². The number of fused-ring (bicyclic) bond motifs is 1. The number of rotatable bonds is 2. The molecule has 25 heavy (non-hydrogen) atoms. The first-order valence-corrected chi connectivity index (χ1v) is 8.74. The molecule has 0 unspecified atom stereocenters. The van der Waals surface area contributed by atoms with Gasteiger partial charge in [0.2, 0.25) is 0 Å². The van der Waals surface area contributed by atoms with Crippen LogP contribution in [-0.2, 0) is 4.74 Å². The molecule has 3 aliphatic rings. The van der Waals surface area contributed by atoms with Gasteiger partial charge in [0.15, 0.2) is 11.6 Å². The largest absolute Gasteiger partial charge is 0.376 e. The first-order chi connectivity index (χ1) is 12.1. The molecular weight excluding hydrogens is 314 g/mol. The number of carbonyl (C=O) groups is 2. The van der Waals surface area contributed by atoms with Crippen molar-refractivity contribution in [3.8, 4) is 0 Å². The summed E-state index contributed by atoms with van der Waals surface area (Å²) in [6, 6.07) is 7.04. The number of Topliss-reactive ketones (excluding diaryl/α,β-unsaturated/α-hetero) is 2. The molecule has 128 valence electrons. The molecule has 0 aromatic heterocycles. The third-order valence-electron chi connectivity index (χ3n) is 5.15. The second-order valence-corrected chi connectivity index (χ2v) is 6.85. The predicted octanol–water partition coefficient (Wildman–Crippen LogP) is 3.66. The third-order valence-corrected chi connectivity index (χ3v) is 5.15. The van der Waals surface area contributed by atoms with E-state index < -0.39 is 0 Å². The summed E-state index contributed by atoms with van der Waals surface area (Å²) in [4.78, 5) is 27.6. The Morgan fingerprint density at radius 2 is 1.64 bits per heavy atom. The Morgan fingerprint density at radius 1 is 1.04 bits per heavy atom. The Labute approximate surface area is 147 Å². The van der Waals surface area contributed by atoms with E-state index in [2.05, 4.69) is 4.90 Å². The second kappa shape index (κ2) is 6.12. The number of ether oxygens (including phenoxy) is 1. The highest BCUT2D eigenvalue weighted by molar-refractivity contribution is 6.40. The van der Waals surface area contributed by atoms with Gasteiger partial charge in [-0.25, -0.2) is 0 Å². The summed E-state index contributed by atoms with van der Waals surface area (Å²) in [6.45, 7) is 5.68. The third kappa shape index (κ3) is 2.67. The van der Waals surface area contributed by atoms with Crippen molar-refractivity contribution in [1.82, 2.24) is 4.90 Å². The standard InChI is InChI=1S/C21H21NO3/c1-13-10-15(11-14(2)22(13)12-16-6-5-9-25-16)19-20(23)17-7-3-4-8-18(17)21(19)24/h3-4,7-8,10-11,16H,5-6,9,12H2,1-2H3/t16-/m1/s1. The molecule has 1 aliphatic carbocycles. The van der Waals surface area contributed by atoms with Crippen molar-refractivity contribution in [2.45, 2.75) is 32.8 Å². The van der Waals surface area contributed by atoms with Crippen molar-refractivity contribution in [1.29, 1.82) is 0 Å². The van der Waals surface area contributed by atoms with Crippen LogP contribution in [-0.4, -0.2) is 35.7 Å². The smallest absolute Gasteiger partial charge is 0.198 e. The average molecular weight is 335 g/mol. The maximum Gasteiger partial charge on any atom is 0.198 e. The molecule has 1 aromatic carbocycles. The quantitative estimate of drug-likeness (QED) is 0.611. The molecule has 4 rings (SSSR count). The fraction of sp³-hybridized carbons (Fsp3) is 0.333. The van der Waals surface area contributed by atoms with Crippen LogP contribution in [0.2, 0.25) is 0 Å². The first kappa shape index (κ1) is 16.0. The predicted molar refractivity (Wildman–Crippen MR) is 95.3 cm³/mol. The van der Waals surface area contributed by atoms with Gasteiger partial charge in [0, 0.05) is 35.7 Å². The van der Waals surface area contributed by atoms with Crippen molar-refractivity contribution in [3.05, 3.63) is 70.1 Å². The van der Waals surface area contributed by atoms with E-state index in [4.69, 9.17) is 4.74 Å². The van der Waals surface area contributed by atoms with Gasteiger partial charge in [0.1, 0.15) is 0 Å². The molecule has 0 saturated carbocycles. The van der Waals surface area contributed by atoms with E-state index >= 15 is 0 Å². The SMILES string of the molecule is CC1=CC(=C2C(=O)c3ccccc3C2=O)C=C(C)N1C[C@H]1CCCO1. The normalized spacial score (nSPS) is 23.1. The molecule has 0 N–H and O–H groups in total. The lowest BCUT2D eigenvalue weighted by Gasteiger charge is -2.31. The van der Waals surface area contributed by atoms with Crippen LogP contribution in [0.1, 0.15) is 47.4 Å². The van der Waals surface area contributed by atoms with E-state index in [1.165, 1.54) is 0 Å². The van der Waals surface area contributed by atoms with Gasteiger partial charge in [-0.15, -0.1) is 0 Å². The minimum Gasteiger partial charge on any atom is -0.376 e. The zero-order chi connectivity index (χ0) is 17.6. The van der Waals surface area contributed by atoms with E-state index in [-0.39, 0.29) is 23.2 Å². The monoisotopic (exact) mass is 335 g/mol. The molecule has 0 amide bonds. The number of benzene rings is 1. The van der Waals surface area contributed by atoms with E-state index in [0.717, 1.165) is 37.4 Å². The van der Waals surface area contributed by atoms with Gasteiger partial charge in [0.05, 0.1) is 11.7 Å². The van der Waals surface area contributed by atoms with E-state index in [1.54, 1.807) is 24.3 Å². The Bertz CT molecular complexity index is 795. The van der Waals surface area contributed by atoms with Crippen LogP contribution < -0.4 is 0 Å². The van der Waals surface area contributed by atoms with Crippen molar-refractivity contribution in [3.63, 3.8) is 0 Å². The molecule has 2 heterocycles. The summed E-state index contributed by atoms with van der Waals surface area (Å²) < 4.78 is 5.74. The summed E-state index contributed by atoms with van der Waals surface area (Å²) in [5.41, 5.74) is 4.09. The number of allylic oxidation sites excluding steroid dienone is 6. The first-order valence-electron chi connectivity index (χ1n) is 8.74. The van der Waals surface area contributed by atoms with Crippen LogP contribution in [0.5, 0.6) is 0 Å². The summed E-state index contributed by atoms with van der Waals surface area (Å²) in [5, 5.41) is 0. The molecule has 4 heteroatoms. The number of hydrogen-bond donors (Lipinski definition) is 0. The van der Waals surface area contributed by atoms with Gasteiger partial charge >= 0.3 is 0 Å². The molecular formula is C21H21NO3. The van der Waals surface area contributed by atoms with Gasteiger partial charge in [-0.2, -0.15) is 0 Å². The average Bonchev–Trinajstić information content (AvgIpc) is 3.19. The number of ketones is 2. The Balaban J connectivity index is 1.69. The molecule has 1 atom stereocenters. The maximum absolute atomic E-state index is 12.7. The zero-order valence-electron chi connectivity index (χ0n) is 14.5. The lowest BCUT2D eigenvalue weighted by molar-refractivity contribution is 0.0905. The summed E-state index contributed by atoms with van der Waals surface area (Å²) in [6.07, 6.45) is 6.33. The molecule has 0 bridgehead atoms. The van der Waals surface area contributed by atoms with E-state index in [1.807, 2.05) is 26.0 Å². The van der Waals surface area contributed by atoms with Gasteiger partial charge in [0.25, 0.3) is 0 Å². The molecule has 1 saturated heterocycles. The van der Waals surface area contributed by atoms with E-state index in [0.29, 0.717) is 16.7 Å². The summed E-state index contributed by atoms with van der Waals surface area (Å²) >= 11 is 0. The molecule has 0 spiro atoms. The minimum atomic E-state index is -0.170. The molecule has 2 aliphatic heterocycles. The number of hydrogen-bond acceptors (Lipinski definition) is 4. The molecule has 0 radical (unpaired) electrons. The molecule has 4 nitrogen and oxygen atoms in total. The van der Waals surface area contributed by atoms with Crippen molar-refractivity contribution in [2.24, 2.45) is 0 Å². The van der Waals surface area contributed by atoms with Crippen molar-refractivity contribution < 1.29 is 14.3 Å². The highest BCUT2D eigenvalue weighted by Gasteiger charge is 2.35. The van der Waals surface area contributed by atoms with Gasteiger partial charge in [-0.3, -0.25) is 9.59 Å². The highest BCUT2D eigenvalue weighted by atomic mass is 16.5. The van der Waals surface area contributed by atoms with Crippen LogP contribution in [0.25, 0.3) is 0 Å². The van der Waals surface area contributed by atoms with Crippen LogP contribution in [0.15, 0.2) is 59.0 Å². The fourth-order valence-electron chi connectivity index (χ4n) is 3.86. The lowest BCUT2D eigenvalue weighted by atomic mass is 9.98. The van der Waals surface area contributed by atoms with Gasteiger partial charge < -0.3 is 9.64 Å². The van der Waals surface area contributed by atoms with E-state index in [9.17, 15) is 9.59 Å². The minimum absolute atomic E-state index is 0.170. The van der Waals surface area contributed by atoms with Gasteiger partial charge in [-0.1, -0.05) is 24.3 Å². The Morgan fingerprint density at radius 3 is 2.16 bits per heavy atom. The maximum atomic E-state index is 12.7. The topological polar surface area (TPSA) is 46.6 Å². The van der Waals surface area contributed by atoms with Crippen molar-refractivity contribution in [2.75, 3.05) is 13.2 Å². The Kier molecular flexibility index (Phi) is 3.92. The highest BCUT2D eigenvalue weighted by Crippen LogP contribution is 2.33. The molecule has 1 aromatic rings. The zero-order valence-corrected chi connectivity index (χ0v) is 14.5. The number of nitrogens with zero attached hydrogens (tertiary/aromatic N) is 1. The van der Waals surface area contributed by atoms with Crippen LogP contribution >= 0.6 is 0 Å². The van der Waals surface area contributed by atoms with Crippen LogP contribution in [0, 0.1) is 0 Å². The summed E-state index contributed by atoms with van der Waals surface area (Å²) in [7, 11) is 0. The molecule has 1 fully saturated rings. The van der Waals surface area contributed by atoms with Crippen LogP contribution in [0.3, 0.4) is 0 Å². The fourth-order valence-corrected chi connectivity index (χ4v) is 3.86. The summed E-state index contributed by atoms with van der Waals surface area (Å²) in [5.74, 6) is -0.340. The Hall–Kier alpha value is -2.46. The second-order valence-electron chi connectivity index (χ2n) is 6.85. The van der Waals surface area contributed by atoms with Crippen molar-refractivity contribution >= 4 is 11.6 Å². The lowest BCUT2D eigenvalue weighted by Crippen LogP contribution is -2.31.